The van der Waals surface area contributed by atoms with Crippen molar-refractivity contribution in [2.45, 2.75) is 33.2 Å². The van der Waals surface area contributed by atoms with Gasteiger partial charge in [0.25, 0.3) is 0 Å². The first kappa shape index (κ1) is 15.1. The van der Waals surface area contributed by atoms with Gasteiger partial charge >= 0.3 is 6.03 Å². The van der Waals surface area contributed by atoms with Crippen molar-refractivity contribution in [1.29, 1.82) is 0 Å². The summed E-state index contributed by atoms with van der Waals surface area (Å²) in [4.78, 5) is 11.4. The van der Waals surface area contributed by atoms with Gasteiger partial charge in [0.15, 0.2) is 6.73 Å². The van der Waals surface area contributed by atoms with E-state index in [0.717, 1.165) is 12.2 Å². The fourth-order valence-corrected chi connectivity index (χ4v) is 1.36. The number of hydrogen-bond donors (Lipinski definition) is 2. The number of ether oxygens (including phenoxy) is 2. The van der Waals surface area contributed by atoms with Crippen molar-refractivity contribution in [3.8, 4) is 11.5 Å². The maximum absolute atomic E-state index is 11.4. The summed E-state index contributed by atoms with van der Waals surface area (Å²) in [5.41, 5.74) is 0. The summed E-state index contributed by atoms with van der Waals surface area (Å²) in [6.45, 7) is 6.67. The largest absolute Gasteiger partial charge is 0.494 e. The van der Waals surface area contributed by atoms with Crippen molar-refractivity contribution in [1.82, 2.24) is 10.6 Å². The van der Waals surface area contributed by atoms with Gasteiger partial charge in [-0.3, -0.25) is 0 Å². The number of hydrogen-bond acceptors (Lipinski definition) is 3. The molecule has 0 heterocycles. The minimum atomic E-state index is -0.222. The molecule has 0 aliphatic carbocycles. The van der Waals surface area contributed by atoms with Crippen molar-refractivity contribution in [3.63, 3.8) is 0 Å². The van der Waals surface area contributed by atoms with Gasteiger partial charge in [-0.05, 0) is 44.5 Å². The maximum atomic E-state index is 11.4. The Morgan fingerprint density at radius 1 is 1.16 bits per heavy atom. The minimum Gasteiger partial charge on any atom is -0.494 e. The molecule has 1 unspecified atom stereocenters. The molecule has 5 nitrogen and oxygen atoms in total. The van der Waals surface area contributed by atoms with E-state index < -0.39 is 0 Å². The highest BCUT2D eigenvalue weighted by atomic mass is 16.5. The first-order valence-corrected chi connectivity index (χ1v) is 6.55. The van der Waals surface area contributed by atoms with Crippen LogP contribution in [0.15, 0.2) is 24.3 Å². The Balaban J connectivity index is 2.27. The van der Waals surface area contributed by atoms with Crippen molar-refractivity contribution in [3.05, 3.63) is 24.3 Å². The Hall–Kier alpha value is -1.91. The molecule has 5 heteroatoms. The number of benzene rings is 1. The molecule has 1 aromatic rings. The van der Waals surface area contributed by atoms with Gasteiger partial charge in [-0.2, -0.15) is 0 Å². The number of amides is 2. The third kappa shape index (κ3) is 5.99. The number of nitrogens with one attached hydrogen (secondary N) is 2. The van der Waals surface area contributed by atoms with Crippen LogP contribution in [-0.4, -0.2) is 25.4 Å². The van der Waals surface area contributed by atoms with Crippen molar-refractivity contribution in [2.24, 2.45) is 0 Å². The highest BCUT2D eigenvalue weighted by molar-refractivity contribution is 5.73. The Bertz CT molecular complexity index is 379. The van der Waals surface area contributed by atoms with Gasteiger partial charge in [-0.15, -0.1) is 0 Å². The highest BCUT2D eigenvalue weighted by Crippen LogP contribution is 2.17. The van der Waals surface area contributed by atoms with Gasteiger partial charge in [0.05, 0.1) is 6.61 Å². The van der Waals surface area contributed by atoms with Gasteiger partial charge < -0.3 is 20.1 Å². The monoisotopic (exact) mass is 266 g/mol. The molecule has 2 N–H and O–H groups in total. The number of urea groups is 1. The third-order valence-corrected chi connectivity index (χ3v) is 2.60. The Labute approximate surface area is 114 Å². The predicted molar refractivity (Wildman–Crippen MR) is 74.5 cm³/mol. The van der Waals surface area contributed by atoms with Gasteiger partial charge in [0.2, 0.25) is 0 Å². The number of carbonyl (C=O) groups excluding carboxylic acids is 1. The summed E-state index contributed by atoms with van der Waals surface area (Å²) >= 11 is 0. The molecule has 0 fully saturated rings. The van der Waals surface area contributed by atoms with Crippen LogP contribution < -0.4 is 20.1 Å². The van der Waals surface area contributed by atoms with Gasteiger partial charge in [0, 0.05) is 6.04 Å². The van der Waals surface area contributed by atoms with Gasteiger partial charge in [-0.1, -0.05) is 6.92 Å². The zero-order valence-corrected chi connectivity index (χ0v) is 11.7. The maximum Gasteiger partial charge on any atom is 0.317 e. The molecule has 1 aromatic carbocycles. The molecule has 0 radical (unpaired) electrons. The molecule has 1 atom stereocenters. The smallest absolute Gasteiger partial charge is 0.317 e. The van der Waals surface area contributed by atoms with E-state index in [1.807, 2.05) is 32.9 Å². The normalized spacial score (nSPS) is 11.5. The fraction of sp³-hybridized carbons (Fsp3) is 0.500. The zero-order chi connectivity index (χ0) is 14.1. The van der Waals surface area contributed by atoms with Crippen LogP contribution in [0.2, 0.25) is 0 Å². The first-order chi connectivity index (χ1) is 9.15. The Morgan fingerprint density at radius 3 is 2.26 bits per heavy atom. The van der Waals surface area contributed by atoms with E-state index in [4.69, 9.17) is 9.47 Å². The number of rotatable bonds is 7. The quantitative estimate of drug-likeness (QED) is 0.745. The predicted octanol–water partition coefficient (Wildman–Crippen LogP) is 2.52. The van der Waals surface area contributed by atoms with E-state index in [0.29, 0.717) is 12.4 Å². The summed E-state index contributed by atoms with van der Waals surface area (Å²) in [5, 5.41) is 5.42. The summed E-state index contributed by atoms with van der Waals surface area (Å²) < 4.78 is 10.7. The summed E-state index contributed by atoms with van der Waals surface area (Å²) in [5.74, 6) is 1.49. The standard InChI is InChI=1S/C14H22N2O3/c1-4-11(3)16-14(17)15-10-19-13-8-6-12(7-9-13)18-5-2/h6-9,11H,4-5,10H2,1-3H3,(H2,15,16,17). The Morgan fingerprint density at radius 2 is 1.74 bits per heavy atom. The fourth-order valence-electron chi connectivity index (χ4n) is 1.36. The Kier molecular flexibility index (Phi) is 6.57. The molecule has 0 aliphatic heterocycles. The molecule has 2 amide bonds. The zero-order valence-electron chi connectivity index (χ0n) is 11.7. The van der Waals surface area contributed by atoms with Crippen LogP contribution in [0.5, 0.6) is 11.5 Å². The van der Waals surface area contributed by atoms with Crippen LogP contribution in [0, 0.1) is 0 Å². The minimum absolute atomic E-state index is 0.135. The van der Waals surface area contributed by atoms with Crippen molar-refractivity contribution in [2.75, 3.05) is 13.3 Å². The molecule has 0 saturated heterocycles. The molecular weight excluding hydrogens is 244 g/mol. The topological polar surface area (TPSA) is 59.6 Å². The molecule has 1 rings (SSSR count). The van der Waals surface area contributed by atoms with E-state index >= 15 is 0 Å². The van der Waals surface area contributed by atoms with Crippen LogP contribution in [0.1, 0.15) is 27.2 Å². The van der Waals surface area contributed by atoms with E-state index in [9.17, 15) is 4.79 Å². The second kappa shape index (κ2) is 8.24. The van der Waals surface area contributed by atoms with Crippen molar-refractivity contribution >= 4 is 6.03 Å². The van der Waals surface area contributed by atoms with E-state index in [1.165, 1.54) is 0 Å². The molecule has 0 aliphatic rings. The van der Waals surface area contributed by atoms with Gasteiger partial charge in [0.1, 0.15) is 11.5 Å². The summed E-state index contributed by atoms with van der Waals surface area (Å²) in [6, 6.07) is 7.21. The van der Waals surface area contributed by atoms with Crippen LogP contribution in [-0.2, 0) is 0 Å². The molecular formula is C14H22N2O3. The van der Waals surface area contributed by atoms with Gasteiger partial charge in [-0.25, -0.2) is 4.79 Å². The second-order valence-corrected chi connectivity index (χ2v) is 4.15. The lowest BCUT2D eigenvalue weighted by atomic mass is 10.3. The van der Waals surface area contributed by atoms with Crippen LogP contribution in [0.4, 0.5) is 4.79 Å². The average Bonchev–Trinajstić information content (AvgIpc) is 2.41. The number of carbonyl (C=O) groups is 1. The molecule has 106 valence electrons. The van der Waals surface area contributed by atoms with Crippen LogP contribution in [0.25, 0.3) is 0 Å². The van der Waals surface area contributed by atoms with E-state index in [2.05, 4.69) is 10.6 Å². The van der Waals surface area contributed by atoms with Crippen LogP contribution >= 0.6 is 0 Å². The molecule has 0 bridgehead atoms. The lowest BCUT2D eigenvalue weighted by Gasteiger charge is -2.13. The average molecular weight is 266 g/mol. The summed E-state index contributed by atoms with van der Waals surface area (Å²) in [7, 11) is 0. The first-order valence-electron chi connectivity index (χ1n) is 6.55. The molecule has 0 saturated carbocycles. The summed E-state index contributed by atoms with van der Waals surface area (Å²) in [6.07, 6.45) is 0.896. The molecule has 19 heavy (non-hydrogen) atoms. The highest BCUT2D eigenvalue weighted by Gasteiger charge is 2.04. The van der Waals surface area contributed by atoms with E-state index in [1.54, 1.807) is 12.1 Å². The lowest BCUT2D eigenvalue weighted by molar-refractivity contribution is 0.221. The van der Waals surface area contributed by atoms with Crippen LogP contribution in [0.3, 0.4) is 0 Å². The van der Waals surface area contributed by atoms with E-state index in [-0.39, 0.29) is 18.8 Å². The SMILES string of the molecule is CCOc1ccc(OCNC(=O)NC(C)CC)cc1. The van der Waals surface area contributed by atoms with Crippen molar-refractivity contribution < 1.29 is 14.3 Å². The lowest BCUT2D eigenvalue weighted by Crippen LogP contribution is -2.41. The molecule has 0 aromatic heterocycles. The second-order valence-electron chi connectivity index (χ2n) is 4.15. The molecule has 0 spiro atoms. The third-order valence-electron chi connectivity index (χ3n) is 2.60.